The number of hydrogen-bond acceptors (Lipinski definition) is 1. The summed E-state index contributed by atoms with van der Waals surface area (Å²) in [5, 5.41) is 9.65. The molecule has 1 nitrogen and oxygen atoms in total. The zero-order valence-corrected chi connectivity index (χ0v) is 12.0. The molecule has 0 saturated heterocycles. The molecule has 0 heterocycles. The summed E-state index contributed by atoms with van der Waals surface area (Å²) in [5.74, 6) is 8.41. The number of aliphatic hydroxyl groups is 1. The van der Waals surface area contributed by atoms with E-state index in [-0.39, 0.29) is 0 Å². The Hall–Kier alpha value is -0.486. The fourth-order valence-corrected chi connectivity index (χ4v) is 1.48. The fraction of sp³-hybridized carbons (Fsp3) is 0.636. The Morgan fingerprint density at radius 2 is 1.43 bits per heavy atom. The van der Waals surface area contributed by atoms with E-state index < -0.39 is 21.9 Å². The van der Waals surface area contributed by atoms with Gasteiger partial charge in [0.1, 0.15) is 13.8 Å². The Balaban J connectivity index is 4.39. The first-order valence-electron chi connectivity index (χ1n) is 4.84. The van der Waals surface area contributed by atoms with E-state index in [2.05, 4.69) is 62.6 Å². The van der Waals surface area contributed by atoms with Crippen LogP contribution >= 0.6 is 0 Å². The first-order valence-corrected chi connectivity index (χ1v) is 11.9. The summed E-state index contributed by atoms with van der Waals surface area (Å²) in [6, 6.07) is 0. The van der Waals surface area contributed by atoms with E-state index in [1.807, 2.05) is 0 Å². The highest BCUT2D eigenvalue weighted by Crippen LogP contribution is 2.05. The summed E-state index contributed by atoms with van der Waals surface area (Å²) in [4.78, 5) is 0. The lowest BCUT2D eigenvalue weighted by Crippen LogP contribution is -2.36. The van der Waals surface area contributed by atoms with Crippen molar-refractivity contribution in [1.29, 1.82) is 0 Å². The lowest BCUT2D eigenvalue weighted by atomic mass is 10.6. The molecule has 0 rings (SSSR count). The van der Waals surface area contributed by atoms with Crippen molar-refractivity contribution in [2.24, 2.45) is 0 Å². The third-order valence-electron chi connectivity index (χ3n) is 1.53. The van der Waals surface area contributed by atoms with Crippen molar-refractivity contribution in [2.75, 3.05) is 0 Å². The molecule has 0 bridgehead atoms. The Labute approximate surface area is 89.9 Å². The molecule has 0 aliphatic heterocycles. The average molecular weight is 224 g/mol. The Morgan fingerprint density at radius 1 is 0.929 bits per heavy atom. The van der Waals surface area contributed by atoms with Crippen LogP contribution in [-0.2, 0) is 0 Å². The first kappa shape index (κ1) is 13.5. The van der Waals surface area contributed by atoms with Gasteiger partial charge in [0, 0.05) is 0 Å². The highest BCUT2D eigenvalue weighted by molar-refractivity contribution is 6.83. The monoisotopic (exact) mass is 224 g/mol. The maximum atomic E-state index is 9.65. The van der Waals surface area contributed by atoms with E-state index in [1.54, 1.807) is 0 Å². The van der Waals surface area contributed by atoms with Crippen molar-refractivity contribution >= 4 is 16.1 Å². The zero-order chi connectivity index (χ0) is 11.4. The highest BCUT2D eigenvalue weighted by atomic mass is 28.3. The molecule has 0 aliphatic carbocycles. The van der Waals surface area contributed by atoms with Crippen LogP contribution in [0.1, 0.15) is 0 Å². The topological polar surface area (TPSA) is 20.2 Å². The molecule has 0 fully saturated rings. The molecule has 1 atom stereocenters. The summed E-state index contributed by atoms with van der Waals surface area (Å²) in [7, 11) is -2.84. The molecule has 1 N–H and O–H groups in total. The molecule has 78 valence electrons. The molecule has 0 aromatic heterocycles. The second-order valence-electron chi connectivity index (χ2n) is 5.54. The van der Waals surface area contributed by atoms with Crippen molar-refractivity contribution in [3.8, 4) is 23.3 Å². The molecule has 0 aliphatic rings. The molecule has 1 unspecified atom stereocenters. The summed E-state index contributed by atoms with van der Waals surface area (Å²) in [6.45, 7) is 12.8. The summed E-state index contributed by atoms with van der Waals surface area (Å²) in [5.41, 5.74) is 2.69. The van der Waals surface area contributed by atoms with Crippen molar-refractivity contribution in [3.63, 3.8) is 0 Å². The minimum atomic E-state index is -1.53. The number of hydrogen-bond donors (Lipinski definition) is 1. The summed E-state index contributed by atoms with van der Waals surface area (Å²) < 4.78 is 0. The van der Waals surface area contributed by atoms with Gasteiger partial charge in [-0.15, -0.1) is 5.54 Å². The van der Waals surface area contributed by atoms with E-state index in [9.17, 15) is 5.11 Å². The Bertz CT molecular complexity index is 299. The SMILES string of the molecule is C[Si](C)(C)C#CC#CC(O)[Si](C)(C)C. The van der Waals surface area contributed by atoms with Crippen LogP contribution in [0.2, 0.25) is 39.3 Å². The van der Waals surface area contributed by atoms with E-state index in [0.29, 0.717) is 0 Å². The molecule has 0 saturated carbocycles. The molecule has 0 spiro atoms. The van der Waals surface area contributed by atoms with Crippen molar-refractivity contribution in [2.45, 2.75) is 45.0 Å². The van der Waals surface area contributed by atoms with Gasteiger partial charge < -0.3 is 5.11 Å². The van der Waals surface area contributed by atoms with Crippen molar-refractivity contribution < 1.29 is 5.11 Å². The van der Waals surface area contributed by atoms with Gasteiger partial charge in [0.25, 0.3) is 0 Å². The first-order chi connectivity index (χ1) is 6.13. The lowest BCUT2D eigenvalue weighted by Gasteiger charge is -2.17. The summed E-state index contributed by atoms with van der Waals surface area (Å²) in [6.07, 6.45) is 0. The van der Waals surface area contributed by atoms with Crippen LogP contribution in [-0.4, -0.2) is 27.0 Å². The average Bonchev–Trinajstić information content (AvgIpc) is 1.93. The molecular formula is C11H20OSi2. The smallest absolute Gasteiger partial charge is 0.130 e. The van der Waals surface area contributed by atoms with Crippen LogP contribution < -0.4 is 0 Å². The predicted octanol–water partition coefficient (Wildman–Crippen LogP) is 2.11. The zero-order valence-electron chi connectivity index (χ0n) is 10.0. The Morgan fingerprint density at radius 3 is 1.79 bits per heavy atom. The fourth-order valence-electron chi connectivity index (χ4n) is 0.540. The quantitative estimate of drug-likeness (QED) is 0.534. The van der Waals surface area contributed by atoms with E-state index in [1.165, 1.54) is 0 Å². The third kappa shape index (κ3) is 6.97. The van der Waals surface area contributed by atoms with Gasteiger partial charge in [0.05, 0.1) is 8.07 Å². The van der Waals surface area contributed by atoms with Crippen molar-refractivity contribution in [1.82, 2.24) is 0 Å². The normalized spacial score (nSPS) is 13.4. The molecular weight excluding hydrogens is 204 g/mol. The van der Waals surface area contributed by atoms with Gasteiger partial charge in [0.15, 0.2) is 0 Å². The van der Waals surface area contributed by atoms with Crippen molar-refractivity contribution in [3.05, 3.63) is 0 Å². The molecule has 0 aromatic carbocycles. The second-order valence-corrected chi connectivity index (χ2v) is 15.6. The van der Waals surface area contributed by atoms with Crippen LogP contribution in [0.5, 0.6) is 0 Å². The van der Waals surface area contributed by atoms with Crippen LogP contribution in [0.25, 0.3) is 0 Å². The van der Waals surface area contributed by atoms with Gasteiger partial charge >= 0.3 is 0 Å². The van der Waals surface area contributed by atoms with Crippen LogP contribution in [0, 0.1) is 23.3 Å². The molecule has 14 heavy (non-hydrogen) atoms. The van der Waals surface area contributed by atoms with Crippen LogP contribution in [0.4, 0.5) is 0 Å². The van der Waals surface area contributed by atoms with Gasteiger partial charge in [-0.1, -0.05) is 45.2 Å². The maximum absolute atomic E-state index is 9.65. The van der Waals surface area contributed by atoms with E-state index in [0.717, 1.165) is 0 Å². The molecule has 0 aromatic rings. The lowest BCUT2D eigenvalue weighted by molar-refractivity contribution is 0.300. The molecule has 0 amide bonds. The van der Waals surface area contributed by atoms with E-state index >= 15 is 0 Å². The highest BCUT2D eigenvalue weighted by Gasteiger charge is 2.22. The van der Waals surface area contributed by atoms with Crippen LogP contribution in [0.15, 0.2) is 0 Å². The van der Waals surface area contributed by atoms with Gasteiger partial charge in [-0.2, -0.15) is 0 Å². The standard InChI is InChI=1S/C11H20OSi2/c1-13(2,3)10-8-7-9-11(12)14(4,5)6/h11-12H,1-6H3. The van der Waals surface area contributed by atoms with Crippen LogP contribution in [0.3, 0.4) is 0 Å². The molecule has 3 heteroatoms. The Kier molecular flexibility index (Phi) is 4.67. The van der Waals surface area contributed by atoms with E-state index in [4.69, 9.17) is 0 Å². The number of aliphatic hydroxyl groups excluding tert-OH is 1. The van der Waals surface area contributed by atoms with Gasteiger partial charge in [-0.25, -0.2) is 0 Å². The van der Waals surface area contributed by atoms with Gasteiger partial charge in [-0.05, 0) is 11.8 Å². The third-order valence-corrected chi connectivity index (χ3v) is 4.19. The van der Waals surface area contributed by atoms with Gasteiger partial charge in [-0.3, -0.25) is 0 Å². The summed E-state index contributed by atoms with van der Waals surface area (Å²) >= 11 is 0. The van der Waals surface area contributed by atoms with Gasteiger partial charge in [0.2, 0.25) is 0 Å². The molecule has 0 radical (unpaired) electrons. The minimum Gasteiger partial charge on any atom is -0.384 e. The maximum Gasteiger partial charge on any atom is 0.130 e. The number of rotatable bonds is 1. The largest absolute Gasteiger partial charge is 0.384 e. The minimum absolute atomic E-state index is 0.460. The predicted molar refractivity (Wildman–Crippen MR) is 68.3 cm³/mol. The second kappa shape index (κ2) is 4.84.